The van der Waals surface area contributed by atoms with Crippen molar-refractivity contribution in [2.45, 2.75) is 0 Å². The minimum Gasteiger partial charge on any atom is -0.472 e. The van der Waals surface area contributed by atoms with Gasteiger partial charge in [-0.2, -0.15) is 9.37 Å². The van der Waals surface area contributed by atoms with E-state index < -0.39 is 5.95 Å². The van der Waals surface area contributed by atoms with Gasteiger partial charge in [0.1, 0.15) is 11.6 Å². The van der Waals surface area contributed by atoms with E-state index in [9.17, 15) is 4.39 Å². The van der Waals surface area contributed by atoms with Crippen molar-refractivity contribution in [3.63, 3.8) is 0 Å². The van der Waals surface area contributed by atoms with Crippen molar-refractivity contribution in [2.75, 3.05) is 13.2 Å². The van der Waals surface area contributed by atoms with Crippen LogP contribution in [0.2, 0.25) is 10.0 Å². The fraction of sp³-hybridized carbons (Fsp3) is 0.222. The number of hydrogen-bond acceptors (Lipinski definition) is 3. The number of halogens is 3. The van der Waals surface area contributed by atoms with Crippen LogP contribution in [0, 0.1) is 5.95 Å². The Labute approximate surface area is 96.1 Å². The number of aliphatic hydroxyl groups excluding tert-OH is 1. The highest BCUT2D eigenvalue weighted by molar-refractivity contribution is 6.35. The van der Waals surface area contributed by atoms with Gasteiger partial charge in [-0.25, -0.2) is 0 Å². The number of aromatic nitrogens is 1. The standard InChI is InChI=1S/C9H8Cl2FNO2/c10-6-5-7(11)9(13-8(6)12)15-4-2-1-3-14/h1-2,5,14H,3-4H2. The van der Waals surface area contributed by atoms with E-state index in [0.717, 1.165) is 0 Å². The number of nitrogens with zero attached hydrogens (tertiary/aromatic N) is 1. The third kappa shape index (κ3) is 3.66. The van der Waals surface area contributed by atoms with Crippen LogP contribution in [0.15, 0.2) is 18.2 Å². The molecule has 0 aliphatic carbocycles. The second-order valence-corrected chi connectivity index (χ2v) is 3.33. The second-order valence-electron chi connectivity index (χ2n) is 2.51. The summed E-state index contributed by atoms with van der Waals surface area (Å²) in [4.78, 5) is 3.42. The lowest BCUT2D eigenvalue weighted by Gasteiger charge is -2.04. The highest BCUT2D eigenvalue weighted by Gasteiger charge is 2.09. The predicted octanol–water partition coefficient (Wildman–Crippen LogP) is 2.45. The van der Waals surface area contributed by atoms with Crippen molar-refractivity contribution in [3.05, 3.63) is 34.2 Å². The average molecular weight is 252 g/mol. The van der Waals surface area contributed by atoms with Gasteiger partial charge in [-0.3, -0.25) is 0 Å². The molecule has 0 aromatic carbocycles. The zero-order valence-electron chi connectivity index (χ0n) is 7.58. The highest BCUT2D eigenvalue weighted by atomic mass is 35.5. The van der Waals surface area contributed by atoms with Gasteiger partial charge >= 0.3 is 0 Å². The van der Waals surface area contributed by atoms with E-state index in [0.29, 0.717) is 0 Å². The first-order valence-electron chi connectivity index (χ1n) is 4.05. The number of hydrogen-bond donors (Lipinski definition) is 1. The molecular weight excluding hydrogens is 244 g/mol. The largest absolute Gasteiger partial charge is 0.472 e. The summed E-state index contributed by atoms with van der Waals surface area (Å²) in [6.07, 6.45) is 3.05. The first-order chi connectivity index (χ1) is 7.15. The number of pyridine rings is 1. The van der Waals surface area contributed by atoms with Crippen LogP contribution in [0.5, 0.6) is 5.88 Å². The summed E-state index contributed by atoms with van der Waals surface area (Å²) in [5.74, 6) is -0.858. The van der Waals surface area contributed by atoms with Gasteiger partial charge in [0.25, 0.3) is 0 Å². The van der Waals surface area contributed by atoms with Crippen molar-refractivity contribution in [3.8, 4) is 5.88 Å². The van der Waals surface area contributed by atoms with E-state index in [1.807, 2.05) is 0 Å². The molecule has 1 rings (SSSR count). The van der Waals surface area contributed by atoms with Gasteiger partial charge in [0.2, 0.25) is 11.8 Å². The van der Waals surface area contributed by atoms with Crippen LogP contribution >= 0.6 is 23.2 Å². The molecule has 0 fully saturated rings. The number of ether oxygens (including phenoxy) is 1. The Morgan fingerprint density at radius 2 is 2.13 bits per heavy atom. The quantitative estimate of drug-likeness (QED) is 0.661. The van der Waals surface area contributed by atoms with E-state index in [2.05, 4.69) is 4.98 Å². The summed E-state index contributed by atoms with van der Waals surface area (Å²) in [6, 6.07) is 1.22. The van der Waals surface area contributed by atoms with Crippen molar-refractivity contribution in [1.82, 2.24) is 4.98 Å². The minimum absolute atomic E-state index is 0.0267. The first kappa shape index (κ1) is 12.2. The number of aliphatic hydroxyl groups is 1. The van der Waals surface area contributed by atoms with Crippen LogP contribution in [-0.4, -0.2) is 23.3 Å². The lowest BCUT2D eigenvalue weighted by atomic mass is 10.4. The Morgan fingerprint density at radius 1 is 1.40 bits per heavy atom. The first-order valence-corrected chi connectivity index (χ1v) is 4.81. The van der Waals surface area contributed by atoms with Gasteiger partial charge in [-0.1, -0.05) is 29.3 Å². The summed E-state index contributed by atoms with van der Waals surface area (Å²) in [7, 11) is 0. The van der Waals surface area contributed by atoms with Gasteiger partial charge in [-0.15, -0.1) is 0 Å². The Hall–Kier alpha value is -0.840. The van der Waals surface area contributed by atoms with Gasteiger partial charge in [0.05, 0.1) is 11.6 Å². The smallest absolute Gasteiger partial charge is 0.235 e. The monoisotopic (exact) mass is 251 g/mol. The molecule has 0 saturated heterocycles. The average Bonchev–Trinajstić information content (AvgIpc) is 2.20. The SMILES string of the molecule is OCC=CCOc1nc(F)c(Cl)cc1Cl. The van der Waals surface area contributed by atoms with Crippen LogP contribution in [0.1, 0.15) is 0 Å². The molecule has 0 unspecified atom stereocenters. The molecule has 0 bridgehead atoms. The second kappa shape index (κ2) is 5.90. The number of rotatable bonds is 4. The molecule has 0 radical (unpaired) electrons. The molecule has 0 spiro atoms. The molecule has 82 valence electrons. The van der Waals surface area contributed by atoms with Crippen LogP contribution in [-0.2, 0) is 0 Å². The summed E-state index contributed by atoms with van der Waals surface area (Å²) in [5, 5.41) is 8.42. The van der Waals surface area contributed by atoms with Crippen molar-refractivity contribution < 1.29 is 14.2 Å². The summed E-state index contributed by atoms with van der Waals surface area (Å²) in [6.45, 7) is 0.0633. The van der Waals surface area contributed by atoms with Crippen LogP contribution < -0.4 is 4.74 Å². The summed E-state index contributed by atoms with van der Waals surface area (Å²) in [5.41, 5.74) is 0. The molecule has 1 heterocycles. The molecule has 1 aromatic heterocycles. The summed E-state index contributed by atoms with van der Waals surface area (Å²) < 4.78 is 17.9. The van der Waals surface area contributed by atoms with E-state index in [1.54, 1.807) is 6.08 Å². The molecule has 0 saturated carbocycles. The molecule has 1 N–H and O–H groups in total. The molecule has 0 aliphatic heterocycles. The molecule has 6 heteroatoms. The lowest BCUT2D eigenvalue weighted by Crippen LogP contribution is -1.99. The highest BCUT2D eigenvalue weighted by Crippen LogP contribution is 2.26. The molecule has 0 amide bonds. The zero-order chi connectivity index (χ0) is 11.3. The normalized spacial score (nSPS) is 10.9. The van der Waals surface area contributed by atoms with Crippen LogP contribution in [0.3, 0.4) is 0 Å². The maximum absolute atomic E-state index is 12.9. The van der Waals surface area contributed by atoms with Gasteiger partial charge in [-0.05, 0) is 12.1 Å². The molecule has 0 aliphatic rings. The van der Waals surface area contributed by atoms with E-state index in [-0.39, 0.29) is 29.1 Å². The molecular formula is C9H8Cl2FNO2. The van der Waals surface area contributed by atoms with Crippen molar-refractivity contribution in [2.24, 2.45) is 0 Å². The van der Waals surface area contributed by atoms with E-state index in [1.165, 1.54) is 12.1 Å². The Bertz CT molecular complexity index is 371. The van der Waals surface area contributed by atoms with Gasteiger partial charge in [0, 0.05) is 0 Å². The predicted molar refractivity (Wildman–Crippen MR) is 55.9 cm³/mol. The van der Waals surface area contributed by atoms with Crippen molar-refractivity contribution in [1.29, 1.82) is 0 Å². The Balaban J connectivity index is 2.69. The maximum atomic E-state index is 12.9. The third-order valence-corrected chi connectivity index (χ3v) is 1.98. The molecule has 3 nitrogen and oxygen atoms in total. The van der Waals surface area contributed by atoms with E-state index in [4.69, 9.17) is 33.0 Å². The minimum atomic E-state index is -0.831. The van der Waals surface area contributed by atoms with Crippen LogP contribution in [0.25, 0.3) is 0 Å². The van der Waals surface area contributed by atoms with Crippen molar-refractivity contribution >= 4 is 23.2 Å². The molecule has 0 atom stereocenters. The summed E-state index contributed by atoms with van der Waals surface area (Å²) >= 11 is 11.1. The van der Waals surface area contributed by atoms with Gasteiger partial charge in [0.15, 0.2) is 0 Å². The maximum Gasteiger partial charge on any atom is 0.235 e. The fourth-order valence-electron chi connectivity index (χ4n) is 0.799. The Kier molecular flexibility index (Phi) is 4.81. The zero-order valence-corrected chi connectivity index (χ0v) is 9.09. The molecule has 1 aromatic rings. The van der Waals surface area contributed by atoms with E-state index >= 15 is 0 Å². The topological polar surface area (TPSA) is 42.4 Å². The Morgan fingerprint density at radius 3 is 2.80 bits per heavy atom. The fourth-order valence-corrected chi connectivity index (χ4v) is 1.21. The third-order valence-electron chi connectivity index (χ3n) is 1.44. The van der Waals surface area contributed by atoms with Gasteiger partial charge < -0.3 is 9.84 Å². The lowest BCUT2D eigenvalue weighted by molar-refractivity contribution is 0.329. The van der Waals surface area contributed by atoms with Crippen LogP contribution in [0.4, 0.5) is 4.39 Å². The molecule has 15 heavy (non-hydrogen) atoms.